The highest BCUT2D eigenvalue weighted by molar-refractivity contribution is 5.95. The van der Waals surface area contributed by atoms with Gasteiger partial charge < -0.3 is 10.4 Å². The third-order valence-electron chi connectivity index (χ3n) is 3.95. The van der Waals surface area contributed by atoms with E-state index >= 15 is 0 Å². The minimum absolute atomic E-state index is 0.124. The Balaban J connectivity index is 2.44. The number of carbonyl (C=O) groups excluding carboxylic acids is 2. The normalized spacial score (nSPS) is 18.0. The molecule has 0 aromatic rings. The Morgan fingerprint density at radius 1 is 1.19 bits per heavy atom. The number of hydrogen-bond donors (Lipinski definition) is 3. The molecule has 1 saturated heterocycles. The van der Waals surface area contributed by atoms with Crippen molar-refractivity contribution in [3.05, 3.63) is 0 Å². The Labute approximate surface area is 125 Å². The SMILES string of the molecule is CCCC1(C(=O)O)CCN(CC(=O)NC(=O)NCC)CC1. The summed E-state index contributed by atoms with van der Waals surface area (Å²) in [4.78, 5) is 36.3. The molecule has 3 N–H and O–H groups in total. The molecule has 0 spiro atoms. The molecule has 0 saturated carbocycles. The minimum atomic E-state index is -0.740. The van der Waals surface area contributed by atoms with Gasteiger partial charge in [-0.3, -0.25) is 19.8 Å². The lowest BCUT2D eigenvalue weighted by molar-refractivity contribution is -0.152. The van der Waals surface area contributed by atoms with Crippen LogP contribution in [0.1, 0.15) is 39.5 Å². The molecule has 1 aliphatic heterocycles. The second-order valence-corrected chi connectivity index (χ2v) is 5.52. The summed E-state index contributed by atoms with van der Waals surface area (Å²) in [5.74, 6) is -1.10. The van der Waals surface area contributed by atoms with Gasteiger partial charge in [0.2, 0.25) is 5.91 Å². The third kappa shape index (κ3) is 5.00. The number of amides is 3. The van der Waals surface area contributed by atoms with Gasteiger partial charge in [0, 0.05) is 6.54 Å². The third-order valence-corrected chi connectivity index (χ3v) is 3.95. The largest absolute Gasteiger partial charge is 0.481 e. The summed E-state index contributed by atoms with van der Waals surface area (Å²) in [6, 6.07) is -0.495. The average molecular weight is 299 g/mol. The van der Waals surface area contributed by atoms with E-state index in [4.69, 9.17) is 0 Å². The van der Waals surface area contributed by atoms with Crippen LogP contribution in [0.4, 0.5) is 4.79 Å². The van der Waals surface area contributed by atoms with Crippen LogP contribution in [0, 0.1) is 5.41 Å². The quantitative estimate of drug-likeness (QED) is 0.674. The monoisotopic (exact) mass is 299 g/mol. The van der Waals surface area contributed by atoms with E-state index in [2.05, 4.69) is 10.6 Å². The van der Waals surface area contributed by atoms with Gasteiger partial charge in [-0.25, -0.2) is 4.79 Å². The standard InChI is InChI=1S/C14H25N3O4/c1-3-5-14(12(19)20)6-8-17(9-7-14)10-11(18)16-13(21)15-4-2/h3-10H2,1-2H3,(H,19,20)(H2,15,16,18,21). The van der Waals surface area contributed by atoms with Crippen molar-refractivity contribution >= 4 is 17.9 Å². The van der Waals surface area contributed by atoms with Gasteiger partial charge in [-0.15, -0.1) is 0 Å². The smallest absolute Gasteiger partial charge is 0.321 e. The van der Waals surface area contributed by atoms with Crippen molar-refractivity contribution in [2.75, 3.05) is 26.2 Å². The fraction of sp³-hybridized carbons (Fsp3) is 0.786. The number of nitrogens with zero attached hydrogens (tertiary/aromatic N) is 1. The van der Waals surface area contributed by atoms with E-state index in [1.54, 1.807) is 6.92 Å². The summed E-state index contributed by atoms with van der Waals surface area (Å²) in [6.07, 6.45) is 2.60. The molecule has 0 bridgehead atoms. The molecule has 0 aliphatic carbocycles. The first-order chi connectivity index (χ1) is 9.93. The molecule has 1 heterocycles. The first-order valence-corrected chi connectivity index (χ1v) is 7.47. The highest BCUT2D eigenvalue weighted by Crippen LogP contribution is 2.36. The fourth-order valence-electron chi connectivity index (χ4n) is 2.76. The summed E-state index contributed by atoms with van der Waals surface area (Å²) in [5, 5.41) is 14.2. The number of aliphatic carboxylic acids is 1. The summed E-state index contributed by atoms with van der Waals surface area (Å²) in [6.45, 7) is 5.47. The fourth-order valence-corrected chi connectivity index (χ4v) is 2.76. The van der Waals surface area contributed by atoms with Crippen molar-refractivity contribution < 1.29 is 19.5 Å². The lowest BCUT2D eigenvalue weighted by Crippen LogP contribution is -2.49. The first kappa shape index (κ1) is 17.4. The highest BCUT2D eigenvalue weighted by atomic mass is 16.4. The maximum absolute atomic E-state index is 11.7. The molecule has 1 fully saturated rings. The Bertz CT molecular complexity index is 390. The van der Waals surface area contributed by atoms with Crippen LogP contribution in [0.2, 0.25) is 0 Å². The van der Waals surface area contributed by atoms with Crippen LogP contribution in [0.5, 0.6) is 0 Å². The molecule has 21 heavy (non-hydrogen) atoms. The van der Waals surface area contributed by atoms with Gasteiger partial charge in [-0.05, 0) is 39.3 Å². The average Bonchev–Trinajstić information content (AvgIpc) is 2.41. The van der Waals surface area contributed by atoms with Gasteiger partial charge in [0.15, 0.2) is 0 Å². The molecule has 7 heteroatoms. The summed E-state index contributed by atoms with van der Waals surface area (Å²) in [7, 11) is 0. The van der Waals surface area contributed by atoms with Crippen molar-refractivity contribution in [3.63, 3.8) is 0 Å². The van der Waals surface area contributed by atoms with E-state index in [1.807, 2.05) is 11.8 Å². The Hall–Kier alpha value is -1.63. The van der Waals surface area contributed by atoms with E-state index in [1.165, 1.54) is 0 Å². The molecule has 0 aromatic heterocycles. The number of imide groups is 1. The van der Waals surface area contributed by atoms with E-state index < -0.39 is 17.4 Å². The number of hydrogen-bond acceptors (Lipinski definition) is 4. The number of nitrogens with one attached hydrogen (secondary N) is 2. The second-order valence-electron chi connectivity index (χ2n) is 5.52. The molecular weight excluding hydrogens is 274 g/mol. The van der Waals surface area contributed by atoms with Crippen molar-refractivity contribution in [1.82, 2.24) is 15.5 Å². The van der Waals surface area contributed by atoms with Gasteiger partial charge >= 0.3 is 12.0 Å². The van der Waals surface area contributed by atoms with Gasteiger partial charge in [0.25, 0.3) is 0 Å². The number of carbonyl (C=O) groups is 3. The van der Waals surface area contributed by atoms with Gasteiger partial charge in [-0.2, -0.15) is 0 Å². The molecular formula is C14H25N3O4. The molecule has 0 atom stereocenters. The second kappa shape index (κ2) is 7.97. The molecule has 0 radical (unpaired) electrons. The lowest BCUT2D eigenvalue weighted by Gasteiger charge is -2.38. The zero-order valence-electron chi connectivity index (χ0n) is 12.8. The van der Waals surface area contributed by atoms with E-state index in [0.717, 1.165) is 6.42 Å². The van der Waals surface area contributed by atoms with Crippen LogP contribution in [-0.2, 0) is 9.59 Å². The minimum Gasteiger partial charge on any atom is -0.481 e. The van der Waals surface area contributed by atoms with Crippen LogP contribution < -0.4 is 10.6 Å². The van der Waals surface area contributed by atoms with Crippen molar-refractivity contribution in [3.8, 4) is 0 Å². The Morgan fingerprint density at radius 3 is 2.29 bits per heavy atom. The number of carboxylic acid groups (broad SMARTS) is 1. The topological polar surface area (TPSA) is 98.7 Å². The number of rotatable bonds is 6. The predicted octanol–water partition coefficient (Wildman–Crippen LogP) is 0.799. The van der Waals surface area contributed by atoms with Crippen molar-refractivity contribution in [2.24, 2.45) is 5.41 Å². The van der Waals surface area contributed by atoms with Crippen LogP contribution in [0.3, 0.4) is 0 Å². The maximum Gasteiger partial charge on any atom is 0.321 e. The van der Waals surface area contributed by atoms with Crippen LogP contribution in [0.15, 0.2) is 0 Å². The van der Waals surface area contributed by atoms with Crippen molar-refractivity contribution in [1.29, 1.82) is 0 Å². The Morgan fingerprint density at radius 2 is 1.81 bits per heavy atom. The van der Waals surface area contributed by atoms with E-state index in [9.17, 15) is 19.5 Å². The molecule has 0 aromatic carbocycles. The maximum atomic E-state index is 11.7. The van der Waals surface area contributed by atoms with E-state index in [-0.39, 0.29) is 12.5 Å². The summed E-state index contributed by atoms with van der Waals surface area (Å²) >= 11 is 0. The number of likely N-dealkylation sites (tertiary alicyclic amines) is 1. The molecule has 120 valence electrons. The highest BCUT2D eigenvalue weighted by Gasteiger charge is 2.40. The van der Waals surface area contributed by atoms with Crippen LogP contribution in [-0.4, -0.2) is 54.1 Å². The van der Waals surface area contributed by atoms with Crippen LogP contribution in [0.25, 0.3) is 0 Å². The van der Waals surface area contributed by atoms with Gasteiger partial charge in [-0.1, -0.05) is 13.3 Å². The van der Waals surface area contributed by atoms with Gasteiger partial charge in [0.05, 0.1) is 12.0 Å². The van der Waals surface area contributed by atoms with Crippen molar-refractivity contribution in [2.45, 2.75) is 39.5 Å². The zero-order valence-corrected chi connectivity index (χ0v) is 12.8. The summed E-state index contributed by atoms with van der Waals surface area (Å²) < 4.78 is 0. The van der Waals surface area contributed by atoms with Gasteiger partial charge in [0.1, 0.15) is 0 Å². The Kier molecular flexibility index (Phi) is 6.61. The molecule has 0 unspecified atom stereocenters. The molecule has 1 rings (SSSR count). The van der Waals surface area contributed by atoms with E-state index in [0.29, 0.717) is 38.9 Å². The summed E-state index contributed by atoms with van der Waals surface area (Å²) in [5.41, 5.74) is -0.651. The van der Waals surface area contributed by atoms with Crippen LogP contribution >= 0.6 is 0 Å². The first-order valence-electron chi connectivity index (χ1n) is 7.47. The predicted molar refractivity (Wildman–Crippen MR) is 77.9 cm³/mol. The number of urea groups is 1. The zero-order chi connectivity index (χ0) is 15.9. The lowest BCUT2D eigenvalue weighted by atomic mass is 9.75. The number of carboxylic acids is 1. The molecule has 3 amide bonds. The molecule has 7 nitrogen and oxygen atoms in total. The molecule has 1 aliphatic rings. The number of piperidine rings is 1.